The lowest BCUT2D eigenvalue weighted by Crippen LogP contribution is -2.18. The Morgan fingerprint density at radius 2 is 1.86 bits per heavy atom. The molecule has 110 valence electrons. The molecule has 0 aliphatic carbocycles. The number of nitrogens with zero attached hydrogens (tertiary/aromatic N) is 1. The number of halogens is 1. The Morgan fingerprint density at radius 3 is 2.38 bits per heavy atom. The van der Waals surface area contributed by atoms with Crippen LogP contribution in [-0.4, -0.2) is 12.1 Å². The molecule has 0 atom stereocenters. The van der Waals surface area contributed by atoms with E-state index in [1.54, 1.807) is 18.2 Å². The highest BCUT2D eigenvalue weighted by atomic mass is 127. The van der Waals surface area contributed by atoms with E-state index >= 15 is 0 Å². The van der Waals surface area contributed by atoms with Crippen molar-refractivity contribution in [1.82, 2.24) is 5.43 Å². The average Bonchev–Trinajstić information content (AvgIpc) is 2.83. The Labute approximate surface area is 137 Å². The number of hydrazone groups is 1. The van der Waals surface area contributed by atoms with E-state index < -0.39 is 0 Å². The quantitative estimate of drug-likeness (QED) is 0.486. The van der Waals surface area contributed by atoms with Gasteiger partial charge in [-0.15, -0.1) is 0 Å². The van der Waals surface area contributed by atoms with Gasteiger partial charge in [-0.2, -0.15) is 5.10 Å². The highest BCUT2D eigenvalue weighted by Crippen LogP contribution is 2.22. The molecule has 0 bridgehead atoms. The van der Waals surface area contributed by atoms with Crippen LogP contribution < -0.4 is 5.43 Å². The summed E-state index contributed by atoms with van der Waals surface area (Å²) in [7, 11) is 0. The van der Waals surface area contributed by atoms with E-state index in [4.69, 9.17) is 4.42 Å². The van der Waals surface area contributed by atoms with Crippen LogP contribution in [0.15, 0.2) is 45.9 Å². The molecule has 1 N–H and O–H groups in total. The number of carbonyl (C=O) groups is 1. The Hall–Kier alpha value is -1.63. The zero-order valence-corrected chi connectivity index (χ0v) is 14.3. The summed E-state index contributed by atoms with van der Waals surface area (Å²) in [5.41, 5.74) is 4.32. The molecule has 0 aliphatic heterocycles. The maximum atomic E-state index is 11.9. The molecular formula is C16H17IN2O2. The molecule has 1 amide bonds. The molecule has 2 rings (SSSR count). The number of carbonyl (C=O) groups excluding carboxylic acids is 1. The van der Waals surface area contributed by atoms with Crippen molar-refractivity contribution in [3.05, 3.63) is 57.1 Å². The van der Waals surface area contributed by atoms with Crippen molar-refractivity contribution in [3.8, 4) is 0 Å². The zero-order valence-electron chi connectivity index (χ0n) is 12.2. The number of amides is 1. The number of benzene rings is 1. The molecule has 1 aromatic heterocycles. The number of rotatable bonds is 3. The summed E-state index contributed by atoms with van der Waals surface area (Å²) < 4.78 is 6.09. The monoisotopic (exact) mass is 396 g/mol. The van der Waals surface area contributed by atoms with E-state index in [2.05, 4.69) is 53.9 Å². The maximum Gasteiger partial charge on any atom is 0.271 e. The van der Waals surface area contributed by atoms with Gasteiger partial charge in [0.05, 0.1) is 6.21 Å². The van der Waals surface area contributed by atoms with E-state index in [0.29, 0.717) is 11.3 Å². The number of nitrogens with one attached hydrogen (secondary N) is 1. The van der Waals surface area contributed by atoms with E-state index in [0.717, 1.165) is 3.77 Å². The standard InChI is InChI=1S/C16H17IN2O2/c1-16(2,3)12-6-4-11(5-7-12)15(20)19-18-10-13-8-9-14(17)21-13/h4-10H,1-3H3,(H,19,20). The van der Waals surface area contributed by atoms with Crippen molar-refractivity contribution < 1.29 is 9.21 Å². The van der Waals surface area contributed by atoms with Crippen LogP contribution >= 0.6 is 22.6 Å². The molecule has 21 heavy (non-hydrogen) atoms. The molecule has 0 unspecified atom stereocenters. The van der Waals surface area contributed by atoms with Gasteiger partial charge in [0.15, 0.2) is 3.77 Å². The van der Waals surface area contributed by atoms with Crippen molar-refractivity contribution >= 4 is 34.7 Å². The number of hydrogen-bond donors (Lipinski definition) is 1. The smallest absolute Gasteiger partial charge is 0.271 e. The van der Waals surface area contributed by atoms with Gasteiger partial charge in [-0.3, -0.25) is 4.79 Å². The summed E-state index contributed by atoms with van der Waals surface area (Å²) >= 11 is 2.07. The third kappa shape index (κ3) is 4.42. The van der Waals surface area contributed by atoms with Crippen LogP contribution in [0.4, 0.5) is 0 Å². The molecule has 1 aromatic carbocycles. The van der Waals surface area contributed by atoms with Gasteiger partial charge >= 0.3 is 0 Å². The predicted octanol–water partition coefficient (Wildman–Crippen LogP) is 3.95. The first-order valence-corrected chi connectivity index (χ1v) is 7.63. The van der Waals surface area contributed by atoms with Crippen LogP contribution in [0.3, 0.4) is 0 Å². The molecule has 2 aromatic rings. The molecule has 0 aliphatic rings. The summed E-state index contributed by atoms with van der Waals surface area (Å²) in [4.78, 5) is 11.9. The molecule has 5 heteroatoms. The third-order valence-corrected chi connectivity index (χ3v) is 3.54. The van der Waals surface area contributed by atoms with Gasteiger partial charge in [0.2, 0.25) is 0 Å². The molecule has 0 saturated heterocycles. The minimum absolute atomic E-state index is 0.0730. The highest BCUT2D eigenvalue weighted by Gasteiger charge is 2.14. The summed E-state index contributed by atoms with van der Waals surface area (Å²) in [5.74, 6) is 0.357. The predicted molar refractivity (Wildman–Crippen MR) is 91.6 cm³/mol. The van der Waals surface area contributed by atoms with Gasteiger partial charge in [-0.1, -0.05) is 32.9 Å². The van der Waals surface area contributed by atoms with E-state index in [1.807, 2.05) is 18.2 Å². The van der Waals surface area contributed by atoms with Crippen LogP contribution in [-0.2, 0) is 5.41 Å². The van der Waals surface area contributed by atoms with Crippen molar-refractivity contribution in [1.29, 1.82) is 0 Å². The molecular weight excluding hydrogens is 379 g/mol. The molecule has 4 nitrogen and oxygen atoms in total. The number of hydrogen-bond acceptors (Lipinski definition) is 3. The van der Waals surface area contributed by atoms with Gasteiger partial charge in [-0.05, 0) is 57.8 Å². The van der Waals surface area contributed by atoms with Crippen LogP contribution in [0.2, 0.25) is 0 Å². The first-order chi connectivity index (χ1) is 9.86. The summed E-state index contributed by atoms with van der Waals surface area (Å²) in [6.07, 6.45) is 1.48. The van der Waals surface area contributed by atoms with Crippen molar-refractivity contribution in [2.75, 3.05) is 0 Å². The lowest BCUT2D eigenvalue weighted by molar-refractivity contribution is 0.0955. The second kappa shape index (κ2) is 6.43. The summed E-state index contributed by atoms with van der Waals surface area (Å²) in [5, 5.41) is 3.88. The second-order valence-corrected chi connectivity index (χ2v) is 6.73. The Kier molecular flexibility index (Phi) is 4.82. The molecule has 0 fully saturated rings. The molecule has 0 spiro atoms. The van der Waals surface area contributed by atoms with E-state index in [9.17, 15) is 4.79 Å². The lowest BCUT2D eigenvalue weighted by Gasteiger charge is -2.18. The second-order valence-electron chi connectivity index (χ2n) is 5.67. The average molecular weight is 396 g/mol. The fraction of sp³-hybridized carbons (Fsp3) is 0.250. The Balaban J connectivity index is 1.99. The fourth-order valence-corrected chi connectivity index (χ4v) is 2.17. The minimum atomic E-state index is -0.243. The van der Waals surface area contributed by atoms with Crippen LogP contribution in [0, 0.1) is 3.77 Å². The van der Waals surface area contributed by atoms with Crippen LogP contribution in [0.25, 0.3) is 0 Å². The minimum Gasteiger partial charge on any atom is -0.449 e. The summed E-state index contributed by atoms with van der Waals surface area (Å²) in [6.45, 7) is 6.41. The van der Waals surface area contributed by atoms with Gasteiger partial charge in [0.1, 0.15) is 5.76 Å². The van der Waals surface area contributed by atoms with Gasteiger partial charge in [-0.25, -0.2) is 5.43 Å². The molecule has 0 saturated carbocycles. The largest absolute Gasteiger partial charge is 0.449 e. The molecule has 1 heterocycles. The van der Waals surface area contributed by atoms with E-state index in [1.165, 1.54) is 11.8 Å². The van der Waals surface area contributed by atoms with Crippen molar-refractivity contribution in [2.45, 2.75) is 26.2 Å². The van der Waals surface area contributed by atoms with Crippen molar-refractivity contribution in [2.24, 2.45) is 5.10 Å². The van der Waals surface area contributed by atoms with E-state index in [-0.39, 0.29) is 11.3 Å². The highest BCUT2D eigenvalue weighted by molar-refractivity contribution is 14.1. The van der Waals surface area contributed by atoms with Crippen LogP contribution in [0.5, 0.6) is 0 Å². The normalized spacial score (nSPS) is 11.8. The van der Waals surface area contributed by atoms with Crippen molar-refractivity contribution in [3.63, 3.8) is 0 Å². The van der Waals surface area contributed by atoms with Gasteiger partial charge < -0.3 is 4.42 Å². The van der Waals surface area contributed by atoms with Gasteiger partial charge in [0.25, 0.3) is 5.91 Å². The fourth-order valence-electron chi connectivity index (χ4n) is 1.74. The Bertz CT molecular complexity index is 652. The number of furan rings is 1. The topological polar surface area (TPSA) is 54.6 Å². The summed E-state index contributed by atoms with van der Waals surface area (Å²) in [6, 6.07) is 11.2. The molecule has 0 radical (unpaired) electrons. The van der Waals surface area contributed by atoms with Crippen LogP contribution in [0.1, 0.15) is 42.5 Å². The van der Waals surface area contributed by atoms with Gasteiger partial charge in [0, 0.05) is 5.56 Å². The zero-order chi connectivity index (χ0) is 15.5. The third-order valence-electron chi connectivity index (χ3n) is 2.96. The SMILES string of the molecule is CC(C)(C)c1ccc(C(=O)NN=Cc2ccc(I)o2)cc1. The first-order valence-electron chi connectivity index (χ1n) is 6.55. The lowest BCUT2D eigenvalue weighted by atomic mass is 9.87. The maximum absolute atomic E-state index is 11.9. The first kappa shape index (κ1) is 15.8. The Morgan fingerprint density at radius 1 is 1.19 bits per heavy atom.